The number of nitrogen functional groups attached to an aromatic ring is 1. The van der Waals surface area contributed by atoms with Crippen LogP contribution >= 0.6 is 11.8 Å². The summed E-state index contributed by atoms with van der Waals surface area (Å²) >= 11 is 1.42. The Hall–Kier alpha value is -1.50. The van der Waals surface area contributed by atoms with Crippen LogP contribution in [0.2, 0.25) is 0 Å². The van der Waals surface area contributed by atoms with Gasteiger partial charge in [-0.25, -0.2) is 9.97 Å². The molecule has 3 N–H and O–H groups in total. The predicted octanol–water partition coefficient (Wildman–Crippen LogP) is 1.21. The van der Waals surface area contributed by atoms with Gasteiger partial charge in [0.2, 0.25) is 5.91 Å². The van der Waals surface area contributed by atoms with E-state index in [4.69, 9.17) is 5.73 Å². The summed E-state index contributed by atoms with van der Waals surface area (Å²) < 4.78 is 0. The fraction of sp³-hybridized carbons (Fsp3) is 0.583. The van der Waals surface area contributed by atoms with Crippen LogP contribution in [0.3, 0.4) is 0 Å². The topological polar surface area (TPSA) is 84.1 Å². The molecule has 19 heavy (non-hydrogen) atoms. The van der Waals surface area contributed by atoms with Crippen molar-refractivity contribution in [3.8, 4) is 0 Å². The zero-order valence-electron chi connectivity index (χ0n) is 11.1. The van der Waals surface area contributed by atoms with Crippen molar-refractivity contribution in [3.05, 3.63) is 6.07 Å². The van der Waals surface area contributed by atoms with E-state index in [9.17, 15) is 4.79 Å². The molecule has 1 aliphatic rings. The molecule has 7 heteroatoms. The number of piperidine rings is 1. The molecule has 1 saturated heterocycles. The summed E-state index contributed by atoms with van der Waals surface area (Å²) in [4.78, 5) is 22.2. The van der Waals surface area contributed by atoms with E-state index in [1.165, 1.54) is 18.2 Å². The molecule has 0 bridgehead atoms. The van der Waals surface area contributed by atoms with Gasteiger partial charge in [0.15, 0.2) is 5.16 Å². The van der Waals surface area contributed by atoms with Crippen LogP contribution in [0.25, 0.3) is 0 Å². The van der Waals surface area contributed by atoms with Gasteiger partial charge in [-0.15, -0.1) is 0 Å². The Balaban J connectivity index is 1.90. The maximum Gasteiger partial charge on any atom is 0.241 e. The summed E-state index contributed by atoms with van der Waals surface area (Å²) in [6.45, 7) is 1.98. The lowest BCUT2D eigenvalue weighted by Gasteiger charge is -2.26. The van der Waals surface area contributed by atoms with Crippen LogP contribution in [-0.2, 0) is 4.79 Å². The van der Waals surface area contributed by atoms with E-state index in [1.807, 2.05) is 11.2 Å². The minimum Gasteiger partial charge on any atom is -0.383 e. The number of hydrogen-bond acceptors (Lipinski definition) is 6. The first-order valence-corrected chi connectivity index (χ1v) is 7.61. The Morgan fingerprint density at radius 3 is 2.84 bits per heavy atom. The average Bonchev–Trinajstić information content (AvgIpc) is 2.45. The standard InChI is InChI=1S/C12H19N5OS/c1-19-12-15-9(13)7-10(16-12)14-8-11(18)17-5-3-2-4-6-17/h7H,2-6,8H2,1H3,(H3,13,14,15,16). The van der Waals surface area contributed by atoms with E-state index in [1.54, 1.807) is 6.07 Å². The van der Waals surface area contributed by atoms with Gasteiger partial charge in [-0.2, -0.15) is 0 Å². The van der Waals surface area contributed by atoms with E-state index in [0.29, 0.717) is 16.8 Å². The molecule has 6 nitrogen and oxygen atoms in total. The third-order valence-electron chi connectivity index (χ3n) is 3.04. The fourth-order valence-corrected chi connectivity index (χ4v) is 2.43. The molecule has 1 aromatic rings. The minimum atomic E-state index is 0.114. The largest absolute Gasteiger partial charge is 0.383 e. The number of aromatic nitrogens is 2. The molecular weight excluding hydrogens is 262 g/mol. The van der Waals surface area contributed by atoms with E-state index in [0.717, 1.165) is 25.9 Å². The third-order valence-corrected chi connectivity index (χ3v) is 3.59. The molecule has 0 spiro atoms. The molecule has 2 rings (SSSR count). The zero-order chi connectivity index (χ0) is 13.7. The Bertz CT molecular complexity index is 448. The number of nitrogens with zero attached hydrogens (tertiary/aromatic N) is 3. The first kappa shape index (κ1) is 13.9. The Labute approximate surface area is 117 Å². The zero-order valence-corrected chi connectivity index (χ0v) is 11.9. The van der Waals surface area contributed by atoms with Gasteiger partial charge in [-0.3, -0.25) is 4.79 Å². The quantitative estimate of drug-likeness (QED) is 0.637. The number of carbonyl (C=O) groups excluding carboxylic acids is 1. The number of thioether (sulfide) groups is 1. The van der Waals surface area contributed by atoms with Crippen LogP contribution in [0, 0.1) is 0 Å². The SMILES string of the molecule is CSc1nc(N)cc(NCC(=O)N2CCCCC2)n1. The number of nitrogens with two attached hydrogens (primary N) is 1. The van der Waals surface area contributed by atoms with Gasteiger partial charge in [-0.1, -0.05) is 11.8 Å². The number of nitrogens with one attached hydrogen (secondary N) is 1. The van der Waals surface area contributed by atoms with Crippen LogP contribution in [0.1, 0.15) is 19.3 Å². The number of rotatable bonds is 4. The van der Waals surface area contributed by atoms with Crippen LogP contribution in [0.15, 0.2) is 11.2 Å². The first-order valence-electron chi connectivity index (χ1n) is 6.39. The lowest BCUT2D eigenvalue weighted by Crippen LogP contribution is -2.39. The lowest BCUT2D eigenvalue weighted by molar-refractivity contribution is -0.130. The molecule has 1 aromatic heterocycles. The molecule has 0 saturated carbocycles. The molecule has 1 amide bonds. The first-order chi connectivity index (χ1) is 9.19. The van der Waals surface area contributed by atoms with Gasteiger partial charge >= 0.3 is 0 Å². The van der Waals surface area contributed by atoms with E-state index in [2.05, 4.69) is 15.3 Å². The molecule has 2 heterocycles. The maximum atomic E-state index is 12.0. The van der Waals surface area contributed by atoms with Gasteiger partial charge in [0.05, 0.1) is 6.54 Å². The predicted molar refractivity (Wildman–Crippen MR) is 77.1 cm³/mol. The van der Waals surface area contributed by atoms with Crippen LogP contribution < -0.4 is 11.1 Å². The smallest absolute Gasteiger partial charge is 0.241 e. The van der Waals surface area contributed by atoms with Crippen molar-refractivity contribution in [3.63, 3.8) is 0 Å². The summed E-state index contributed by atoms with van der Waals surface area (Å²) in [5.74, 6) is 1.12. The minimum absolute atomic E-state index is 0.114. The Morgan fingerprint density at radius 2 is 2.16 bits per heavy atom. The molecule has 0 radical (unpaired) electrons. The van der Waals surface area contributed by atoms with Crippen molar-refractivity contribution in [2.24, 2.45) is 0 Å². The van der Waals surface area contributed by atoms with Crippen LogP contribution in [0.5, 0.6) is 0 Å². The highest BCUT2D eigenvalue weighted by Gasteiger charge is 2.16. The number of hydrogen-bond donors (Lipinski definition) is 2. The van der Waals surface area contributed by atoms with Crippen molar-refractivity contribution < 1.29 is 4.79 Å². The molecule has 104 valence electrons. The number of carbonyl (C=O) groups is 1. The molecule has 1 aliphatic heterocycles. The molecule has 1 fully saturated rings. The molecule has 0 unspecified atom stereocenters. The summed E-state index contributed by atoms with van der Waals surface area (Å²) in [6.07, 6.45) is 5.31. The second-order valence-electron chi connectivity index (χ2n) is 4.46. The number of amides is 1. The Morgan fingerprint density at radius 1 is 1.42 bits per heavy atom. The van der Waals surface area contributed by atoms with Crippen molar-refractivity contribution in [1.82, 2.24) is 14.9 Å². The highest BCUT2D eigenvalue weighted by atomic mass is 32.2. The Kier molecular flexibility index (Phi) is 4.84. The third kappa shape index (κ3) is 3.99. The summed E-state index contributed by atoms with van der Waals surface area (Å²) in [5.41, 5.74) is 5.68. The normalized spacial score (nSPS) is 15.3. The monoisotopic (exact) mass is 281 g/mol. The van der Waals surface area contributed by atoms with Gasteiger partial charge in [0.1, 0.15) is 11.6 Å². The van der Waals surface area contributed by atoms with Crippen LogP contribution in [0.4, 0.5) is 11.6 Å². The highest BCUT2D eigenvalue weighted by Crippen LogP contribution is 2.15. The van der Waals surface area contributed by atoms with Crippen molar-refractivity contribution in [2.75, 3.05) is 36.9 Å². The molecule has 0 aliphatic carbocycles. The van der Waals surface area contributed by atoms with Crippen molar-refractivity contribution >= 4 is 29.3 Å². The van der Waals surface area contributed by atoms with E-state index >= 15 is 0 Å². The number of anilines is 2. The fourth-order valence-electron chi connectivity index (χ4n) is 2.05. The average molecular weight is 281 g/mol. The van der Waals surface area contributed by atoms with Gasteiger partial charge in [0, 0.05) is 19.2 Å². The molecule has 0 aromatic carbocycles. The van der Waals surface area contributed by atoms with Gasteiger partial charge in [0.25, 0.3) is 0 Å². The summed E-state index contributed by atoms with van der Waals surface area (Å²) in [6, 6.07) is 1.64. The summed E-state index contributed by atoms with van der Waals surface area (Å²) in [7, 11) is 0. The molecule has 0 atom stereocenters. The second kappa shape index (κ2) is 6.60. The van der Waals surface area contributed by atoms with E-state index < -0.39 is 0 Å². The van der Waals surface area contributed by atoms with Crippen molar-refractivity contribution in [1.29, 1.82) is 0 Å². The number of likely N-dealkylation sites (tertiary alicyclic amines) is 1. The summed E-state index contributed by atoms with van der Waals surface area (Å²) in [5, 5.41) is 3.63. The van der Waals surface area contributed by atoms with Gasteiger partial charge < -0.3 is 16.0 Å². The van der Waals surface area contributed by atoms with Crippen LogP contribution in [-0.4, -0.2) is 46.7 Å². The molecular formula is C12H19N5OS. The lowest BCUT2D eigenvalue weighted by atomic mass is 10.1. The van der Waals surface area contributed by atoms with Crippen molar-refractivity contribution in [2.45, 2.75) is 24.4 Å². The maximum absolute atomic E-state index is 12.0. The van der Waals surface area contributed by atoms with Gasteiger partial charge in [-0.05, 0) is 25.5 Å². The van der Waals surface area contributed by atoms with E-state index in [-0.39, 0.29) is 12.5 Å². The second-order valence-corrected chi connectivity index (χ2v) is 5.23. The highest BCUT2D eigenvalue weighted by molar-refractivity contribution is 7.98.